The second-order valence-corrected chi connectivity index (χ2v) is 9.94. The molecule has 7 nitrogen and oxygen atoms in total. The summed E-state index contributed by atoms with van der Waals surface area (Å²) in [6, 6.07) is 13.9. The van der Waals surface area contributed by atoms with Crippen LogP contribution in [0.2, 0.25) is 0 Å². The zero-order valence-electron chi connectivity index (χ0n) is 21.0. The SMILES string of the molecule is Cc1cccc(-n2nc(-c3c(C)nc4scc(CC(=O)NCc5ccc(F)cc5)n4c3=O)cc2C)c1C. The highest BCUT2D eigenvalue weighted by Crippen LogP contribution is 2.25. The summed E-state index contributed by atoms with van der Waals surface area (Å²) in [7, 11) is 0. The van der Waals surface area contributed by atoms with E-state index >= 15 is 0 Å². The minimum atomic E-state index is -0.327. The van der Waals surface area contributed by atoms with E-state index in [0.717, 1.165) is 28.1 Å². The largest absolute Gasteiger partial charge is 0.352 e. The van der Waals surface area contributed by atoms with Crippen molar-refractivity contribution in [1.82, 2.24) is 24.5 Å². The molecule has 0 spiro atoms. The van der Waals surface area contributed by atoms with Crippen molar-refractivity contribution in [3.8, 4) is 16.9 Å². The zero-order valence-corrected chi connectivity index (χ0v) is 21.8. The maximum absolute atomic E-state index is 13.7. The summed E-state index contributed by atoms with van der Waals surface area (Å²) >= 11 is 1.32. The first kappa shape index (κ1) is 24.6. The molecule has 1 N–H and O–H groups in total. The van der Waals surface area contributed by atoms with E-state index < -0.39 is 0 Å². The van der Waals surface area contributed by atoms with Gasteiger partial charge in [-0.25, -0.2) is 14.1 Å². The van der Waals surface area contributed by atoms with E-state index in [1.54, 1.807) is 24.4 Å². The van der Waals surface area contributed by atoms with E-state index in [1.165, 1.54) is 27.9 Å². The van der Waals surface area contributed by atoms with Crippen molar-refractivity contribution in [2.75, 3.05) is 0 Å². The molecule has 37 heavy (non-hydrogen) atoms. The van der Waals surface area contributed by atoms with Crippen molar-refractivity contribution < 1.29 is 9.18 Å². The number of halogens is 1. The second kappa shape index (κ2) is 9.74. The molecule has 1 amide bonds. The molecule has 5 rings (SSSR count). The van der Waals surface area contributed by atoms with E-state index in [-0.39, 0.29) is 30.2 Å². The van der Waals surface area contributed by atoms with Gasteiger partial charge in [0, 0.05) is 23.3 Å². The minimum Gasteiger partial charge on any atom is -0.352 e. The van der Waals surface area contributed by atoms with Crippen LogP contribution in [-0.2, 0) is 17.8 Å². The Morgan fingerprint density at radius 2 is 1.84 bits per heavy atom. The molecule has 3 heterocycles. The molecule has 3 aromatic heterocycles. The zero-order chi connectivity index (χ0) is 26.3. The van der Waals surface area contributed by atoms with Gasteiger partial charge in [0.1, 0.15) is 11.5 Å². The van der Waals surface area contributed by atoms with Crippen LogP contribution in [0.3, 0.4) is 0 Å². The van der Waals surface area contributed by atoms with Gasteiger partial charge in [0.15, 0.2) is 4.96 Å². The van der Waals surface area contributed by atoms with Crippen molar-refractivity contribution >= 4 is 22.2 Å². The number of nitrogens with zero attached hydrogens (tertiary/aromatic N) is 4. The first-order valence-corrected chi connectivity index (χ1v) is 12.8. The number of thiazole rings is 1. The Hall–Kier alpha value is -4.11. The molecule has 0 saturated heterocycles. The molecule has 0 fully saturated rings. The predicted octanol–water partition coefficient (Wildman–Crippen LogP) is 4.84. The smallest absolute Gasteiger partial charge is 0.268 e. The Morgan fingerprint density at radius 3 is 2.59 bits per heavy atom. The van der Waals surface area contributed by atoms with Gasteiger partial charge in [-0.15, -0.1) is 11.3 Å². The van der Waals surface area contributed by atoms with Crippen LogP contribution < -0.4 is 10.9 Å². The minimum absolute atomic E-state index is 0.0151. The van der Waals surface area contributed by atoms with E-state index in [0.29, 0.717) is 27.6 Å². The van der Waals surface area contributed by atoms with E-state index in [2.05, 4.69) is 30.2 Å². The Morgan fingerprint density at radius 1 is 1.08 bits per heavy atom. The number of aryl methyl sites for hydroxylation is 3. The summed E-state index contributed by atoms with van der Waals surface area (Å²) in [5, 5.41) is 9.40. The number of fused-ring (bicyclic) bond motifs is 1. The fourth-order valence-electron chi connectivity index (χ4n) is 4.36. The molecular formula is C28H26FN5O2S. The van der Waals surface area contributed by atoms with Gasteiger partial charge in [-0.1, -0.05) is 24.3 Å². The fourth-order valence-corrected chi connectivity index (χ4v) is 5.29. The molecule has 0 aliphatic heterocycles. The number of nitrogens with one attached hydrogen (secondary N) is 1. The Labute approximate surface area is 217 Å². The van der Waals surface area contributed by atoms with Gasteiger partial charge in [-0.3, -0.25) is 14.0 Å². The van der Waals surface area contributed by atoms with Gasteiger partial charge >= 0.3 is 0 Å². The predicted molar refractivity (Wildman–Crippen MR) is 143 cm³/mol. The maximum Gasteiger partial charge on any atom is 0.268 e. The summed E-state index contributed by atoms with van der Waals surface area (Å²) in [4.78, 5) is 31.6. The Kier molecular flexibility index (Phi) is 6.47. The van der Waals surface area contributed by atoms with Gasteiger partial charge < -0.3 is 5.32 Å². The van der Waals surface area contributed by atoms with Gasteiger partial charge in [0.25, 0.3) is 5.56 Å². The standard InChI is InChI=1S/C28H26FN5O2S/c1-16-6-5-7-24(18(16)3)34-17(2)12-23(32-34)26-19(4)31-28-33(27(26)36)22(15-37-28)13-25(35)30-14-20-8-10-21(29)11-9-20/h5-12,15H,13-14H2,1-4H3,(H,30,35). The molecule has 9 heteroatoms. The quantitative estimate of drug-likeness (QED) is 0.351. The molecular weight excluding hydrogens is 489 g/mol. The maximum atomic E-state index is 13.7. The third-order valence-electron chi connectivity index (χ3n) is 6.51. The molecule has 0 unspecified atom stereocenters. The monoisotopic (exact) mass is 515 g/mol. The van der Waals surface area contributed by atoms with Crippen LogP contribution in [-0.4, -0.2) is 25.1 Å². The van der Waals surface area contributed by atoms with Crippen molar-refractivity contribution in [3.05, 3.63) is 104 Å². The number of benzene rings is 2. The summed E-state index contributed by atoms with van der Waals surface area (Å²) in [5.41, 5.74) is 6.78. The Balaban J connectivity index is 1.47. The number of carbonyl (C=O) groups is 1. The number of amides is 1. The molecule has 0 bridgehead atoms. The lowest BCUT2D eigenvalue weighted by atomic mass is 10.1. The second-order valence-electron chi connectivity index (χ2n) is 9.10. The molecule has 2 aromatic carbocycles. The van der Waals surface area contributed by atoms with Crippen molar-refractivity contribution in [3.63, 3.8) is 0 Å². The summed E-state index contributed by atoms with van der Waals surface area (Å²) in [6.07, 6.45) is 0.0151. The highest BCUT2D eigenvalue weighted by Gasteiger charge is 2.20. The van der Waals surface area contributed by atoms with Crippen LogP contribution in [0.1, 0.15) is 33.8 Å². The van der Waals surface area contributed by atoms with Gasteiger partial charge in [-0.2, -0.15) is 5.10 Å². The lowest BCUT2D eigenvalue weighted by molar-refractivity contribution is -0.120. The topological polar surface area (TPSA) is 81.3 Å². The molecule has 5 aromatic rings. The average molecular weight is 516 g/mol. The van der Waals surface area contributed by atoms with Crippen LogP contribution in [0.25, 0.3) is 21.9 Å². The lowest BCUT2D eigenvalue weighted by Crippen LogP contribution is -2.27. The van der Waals surface area contributed by atoms with E-state index in [9.17, 15) is 14.0 Å². The fraction of sp³-hybridized carbons (Fsp3) is 0.214. The number of hydrogen-bond donors (Lipinski definition) is 1. The van der Waals surface area contributed by atoms with Crippen molar-refractivity contribution in [2.45, 2.75) is 40.7 Å². The Bertz CT molecular complexity index is 1700. The molecule has 0 atom stereocenters. The molecule has 0 aliphatic carbocycles. The first-order valence-electron chi connectivity index (χ1n) is 11.9. The highest BCUT2D eigenvalue weighted by molar-refractivity contribution is 7.15. The summed E-state index contributed by atoms with van der Waals surface area (Å²) < 4.78 is 16.5. The van der Waals surface area contributed by atoms with Crippen LogP contribution in [0.15, 0.2) is 58.7 Å². The third-order valence-corrected chi connectivity index (χ3v) is 7.39. The first-order chi connectivity index (χ1) is 17.7. The number of aromatic nitrogens is 4. The van der Waals surface area contributed by atoms with Crippen molar-refractivity contribution in [1.29, 1.82) is 0 Å². The van der Waals surface area contributed by atoms with Crippen LogP contribution in [0.5, 0.6) is 0 Å². The number of hydrogen-bond acceptors (Lipinski definition) is 5. The molecule has 188 valence electrons. The summed E-state index contributed by atoms with van der Waals surface area (Å²) in [5.74, 6) is -0.570. The van der Waals surface area contributed by atoms with Crippen molar-refractivity contribution in [2.24, 2.45) is 0 Å². The average Bonchev–Trinajstić information content (AvgIpc) is 3.43. The van der Waals surface area contributed by atoms with Crippen LogP contribution >= 0.6 is 11.3 Å². The van der Waals surface area contributed by atoms with Gasteiger partial charge in [0.05, 0.1) is 23.4 Å². The summed E-state index contributed by atoms with van der Waals surface area (Å²) in [6.45, 7) is 8.14. The molecule has 0 saturated carbocycles. The highest BCUT2D eigenvalue weighted by atomic mass is 32.1. The third kappa shape index (κ3) is 4.70. The van der Waals surface area contributed by atoms with E-state index in [1.807, 2.05) is 29.8 Å². The van der Waals surface area contributed by atoms with E-state index in [4.69, 9.17) is 5.10 Å². The number of rotatable bonds is 6. The van der Waals surface area contributed by atoms with Gasteiger partial charge in [-0.05, 0) is 68.7 Å². The van der Waals surface area contributed by atoms with Crippen LogP contribution in [0.4, 0.5) is 4.39 Å². The number of carbonyl (C=O) groups excluding carboxylic acids is 1. The molecule has 0 radical (unpaired) electrons. The molecule has 0 aliphatic rings. The lowest BCUT2D eigenvalue weighted by Gasteiger charge is -2.10. The van der Waals surface area contributed by atoms with Crippen LogP contribution in [0, 0.1) is 33.5 Å². The normalized spacial score (nSPS) is 11.3. The van der Waals surface area contributed by atoms with Gasteiger partial charge in [0.2, 0.25) is 5.91 Å².